The average molecular weight is 612 g/mol. The molecule has 0 fully saturated rings. The number of allylic oxidation sites excluding steroid dienone is 1. The molecule has 0 aliphatic carbocycles. The monoisotopic (exact) mass is 612 g/mol. The maximum atomic E-state index is 13.4. The minimum Gasteiger partial charge on any atom is -0.262 e. The van der Waals surface area contributed by atoms with Crippen LogP contribution in [0.5, 0.6) is 0 Å². The minimum absolute atomic E-state index is 0.911. The summed E-state index contributed by atoms with van der Waals surface area (Å²) in [6, 6.07) is 0. The zero-order chi connectivity index (χ0) is 30.9. The van der Waals surface area contributed by atoms with E-state index in [1.54, 1.807) is 6.58 Å². The van der Waals surface area contributed by atoms with Crippen molar-refractivity contribution in [1.82, 2.24) is 0 Å². The lowest BCUT2D eigenvalue weighted by atomic mass is 9.89. The van der Waals surface area contributed by atoms with Gasteiger partial charge < -0.3 is 0 Å². The molecule has 0 aliphatic rings. The summed E-state index contributed by atoms with van der Waals surface area (Å²) in [6.45, 7) is 1.65. The van der Waals surface area contributed by atoms with Crippen LogP contribution >= 0.6 is 0 Å². The number of rotatable bonds is 10. The van der Waals surface area contributed by atoms with Gasteiger partial charge >= 0.3 is 65.8 Å². The molecule has 0 aliphatic heterocycles. The van der Waals surface area contributed by atoms with Crippen LogP contribution in [0.4, 0.5) is 101 Å². The lowest BCUT2D eigenvalue weighted by Crippen LogP contribution is -2.75. The highest BCUT2D eigenvalue weighted by Gasteiger charge is 2.96. The van der Waals surface area contributed by atoms with Crippen molar-refractivity contribution in [3.8, 4) is 0 Å². The van der Waals surface area contributed by atoms with Gasteiger partial charge in [-0.2, -0.15) is 101 Å². The lowest BCUT2D eigenvalue weighted by Gasteiger charge is -2.43. The molecule has 0 heterocycles. The van der Waals surface area contributed by atoms with E-state index in [4.69, 9.17) is 0 Å². The van der Waals surface area contributed by atoms with Gasteiger partial charge in [-0.25, -0.2) is 0 Å². The molecule has 0 rings (SSSR count). The molecule has 0 amide bonds. The van der Waals surface area contributed by atoms with E-state index < -0.39 is 71.8 Å². The molecule has 24 heteroatoms. The largest absolute Gasteiger partial charge is 0.458 e. The zero-order valence-electron chi connectivity index (χ0n) is 15.9. The van der Waals surface area contributed by atoms with Gasteiger partial charge in [0.1, 0.15) is 0 Å². The van der Waals surface area contributed by atoms with Crippen LogP contribution in [-0.4, -0.2) is 65.8 Å². The topological polar surface area (TPSA) is 9.23 Å². The molecule has 0 atom stereocenters. The number of alkyl halides is 23. The maximum Gasteiger partial charge on any atom is 0.458 e. The second-order valence-corrected chi connectivity index (χ2v) is 6.48. The molecular weight excluding hydrogens is 609 g/mol. The van der Waals surface area contributed by atoms with E-state index in [0.717, 1.165) is 4.74 Å². The predicted molar refractivity (Wildman–Crippen MR) is 66.8 cm³/mol. The van der Waals surface area contributed by atoms with E-state index in [9.17, 15) is 101 Å². The van der Waals surface area contributed by atoms with E-state index in [1.165, 1.54) is 0 Å². The Balaban J connectivity index is 7.07. The second kappa shape index (κ2) is 8.55. The standard InChI is InChI=1S/C13H3F23O/c1-2-3(14,15)4(16,17)5(18,19)6(20,21)7(22,23)8(24,25)9(26,27)13(35,36)37-10(28,11(29,30)31)12(32,33)34/h2H,1H2. The molecule has 0 saturated carbocycles. The minimum atomic E-state index is -9.20. The van der Waals surface area contributed by atoms with Crippen molar-refractivity contribution < 1.29 is 106 Å². The van der Waals surface area contributed by atoms with Gasteiger partial charge in [0.25, 0.3) is 0 Å². The smallest absolute Gasteiger partial charge is 0.262 e. The fourth-order valence-electron chi connectivity index (χ4n) is 1.83. The van der Waals surface area contributed by atoms with E-state index in [0.29, 0.717) is 0 Å². The predicted octanol–water partition coefficient (Wildman–Crippen LogP) is 8.02. The first-order valence-corrected chi connectivity index (χ1v) is 7.70. The van der Waals surface area contributed by atoms with Crippen LogP contribution in [0, 0.1) is 0 Å². The third kappa shape index (κ3) is 4.52. The summed E-state index contributed by atoms with van der Waals surface area (Å²) in [4.78, 5) is 0. The second-order valence-electron chi connectivity index (χ2n) is 6.48. The summed E-state index contributed by atoms with van der Waals surface area (Å²) in [5.41, 5.74) is 0. The highest BCUT2D eigenvalue weighted by molar-refractivity contribution is 5.17. The van der Waals surface area contributed by atoms with Crippen LogP contribution in [0.3, 0.4) is 0 Å². The van der Waals surface area contributed by atoms with Gasteiger partial charge in [-0.1, -0.05) is 6.58 Å². The van der Waals surface area contributed by atoms with Crippen molar-refractivity contribution in [3.63, 3.8) is 0 Å². The summed E-state index contributed by atoms with van der Waals surface area (Å²) >= 11 is 0. The van der Waals surface area contributed by atoms with Gasteiger partial charge in [-0.05, 0) is 6.08 Å². The summed E-state index contributed by atoms with van der Waals surface area (Å²) in [7, 11) is 0. The molecular formula is C13H3F23O. The first-order chi connectivity index (χ1) is 15.5. The Morgan fingerprint density at radius 2 is 0.622 bits per heavy atom. The van der Waals surface area contributed by atoms with Crippen LogP contribution in [0.25, 0.3) is 0 Å². The van der Waals surface area contributed by atoms with Crippen LogP contribution in [-0.2, 0) is 4.74 Å². The maximum absolute atomic E-state index is 13.4. The third-order valence-electron chi connectivity index (χ3n) is 4.01. The van der Waals surface area contributed by atoms with Gasteiger partial charge in [-0.3, -0.25) is 4.74 Å². The van der Waals surface area contributed by atoms with Crippen molar-refractivity contribution >= 4 is 0 Å². The quantitative estimate of drug-likeness (QED) is 0.180. The number of hydrogen-bond donors (Lipinski definition) is 0. The zero-order valence-corrected chi connectivity index (χ0v) is 15.9. The molecule has 0 bridgehead atoms. The average Bonchev–Trinajstić information content (AvgIpc) is 2.64. The lowest BCUT2D eigenvalue weighted by molar-refractivity contribution is -0.527. The highest BCUT2D eigenvalue weighted by Crippen LogP contribution is 2.65. The fourth-order valence-corrected chi connectivity index (χ4v) is 1.83. The number of halogens is 23. The van der Waals surface area contributed by atoms with E-state index in [2.05, 4.69) is 0 Å². The Kier molecular flexibility index (Phi) is 8.10. The molecule has 0 aromatic carbocycles. The van der Waals surface area contributed by atoms with Crippen molar-refractivity contribution in [3.05, 3.63) is 12.7 Å². The third-order valence-corrected chi connectivity index (χ3v) is 4.01. The number of hydrogen-bond acceptors (Lipinski definition) is 1. The van der Waals surface area contributed by atoms with Crippen molar-refractivity contribution in [2.75, 3.05) is 0 Å². The molecule has 1 nitrogen and oxygen atoms in total. The van der Waals surface area contributed by atoms with Gasteiger partial charge in [0.2, 0.25) is 0 Å². The summed E-state index contributed by atoms with van der Waals surface area (Å²) in [5.74, 6) is -68.1. The molecule has 0 N–H and O–H groups in total. The molecule has 0 unspecified atom stereocenters. The van der Waals surface area contributed by atoms with Crippen LogP contribution in [0.15, 0.2) is 12.7 Å². The van der Waals surface area contributed by atoms with E-state index >= 15 is 0 Å². The van der Waals surface area contributed by atoms with Crippen molar-refractivity contribution in [2.24, 2.45) is 0 Å². The SMILES string of the molecule is C=CC(F)(F)C(F)(F)C(F)(F)C(F)(F)C(F)(F)C(F)(F)C(F)(F)C(F)(F)OC(F)(C(F)(F)F)C(F)(F)F. The van der Waals surface area contributed by atoms with Crippen LogP contribution in [0.1, 0.15) is 0 Å². The molecule has 0 saturated heterocycles. The van der Waals surface area contributed by atoms with Crippen molar-refractivity contribution in [1.29, 1.82) is 0 Å². The number of ether oxygens (including phenoxy) is 1. The molecule has 37 heavy (non-hydrogen) atoms. The van der Waals surface area contributed by atoms with Gasteiger partial charge in [-0.15, -0.1) is 0 Å². The highest BCUT2D eigenvalue weighted by atomic mass is 19.4. The van der Waals surface area contributed by atoms with Gasteiger partial charge in [0.15, 0.2) is 0 Å². The summed E-state index contributed by atoms with van der Waals surface area (Å²) in [6.07, 6.45) is -26.4. The van der Waals surface area contributed by atoms with Gasteiger partial charge in [0.05, 0.1) is 0 Å². The van der Waals surface area contributed by atoms with Gasteiger partial charge in [0, 0.05) is 0 Å². The Labute approximate surface area is 185 Å². The van der Waals surface area contributed by atoms with E-state index in [1.807, 2.05) is 0 Å². The first-order valence-electron chi connectivity index (χ1n) is 7.70. The Morgan fingerprint density at radius 1 is 0.378 bits per heavy atom. The molecule has 0 radical (unpaired) electrons. The molecule has 0 aromatic heterocycles. The summed E-state index contributed by atoms with van der Waals surface area (Å²) < 4.78 is 299. The summed E-state index contributed by atoms with van der Waals surface area (Å²) in [5, 5.41) is 0. The Bertz CT molecular complexity index is 830. The van der Waals surface area contributed by atoms with Crippen LogP contribution < -0.4 is 0 Å². The fraction of sp³-hybridized carbons (Fsp3) is 0.846. The molecule has 0 spiro atoms. The van der Waals surface area contributed by atoms with Crippen LogP contribution in [0.2, 0.25) is 0 Å². The normalized spacial score (nSPS) is 16.7. The molecule has 222 valence electrons. The van der Waals surface area contributed by atoms with Crippen molar-refractivity contribution in [2.45, 2.75) is 65.8 Å². The first kappa shape index (κ1) is 35.1. The van der Waals surface area contributed by atoms with E-state index in [-0.39, 0.29) is 0 Å². The molecule has 0 aromatic rings. The Hall–Kier alpha value is -1.91. The Morgan fingerprint density at radius 3 is 0.865 bits per heavy atom.